The maximum absolute atomic E-state index is 4.00. The minimum Gasteiger partial charge on any atom is -0.118 e. The maximum atomic E-state index is 4.00. The van der Waals surface area contributed by atoms with E-state index in [-0.39, 0.29) is 0 Å². The van der Waals surface area contributed by atoms with Gasteiger partial charge in [-0.1, -0.05) is 13.8 Å². The van der Waals surface area contributed by atoms with E-state index in [0.717, 1.165) is 0 Å². The Balaban J connectivity index is 0. The van der Waals surface area contributed by atoms with Crippen LogP contribution in [0.1, 0.15) is 13.8 Å². The molecule has 0 aliphatic rings. The van der Waals surface area contributed by atoms with Gasteiger partial charge in [-0.2, -0.15) is 0 Å². The van der Waals surface area contributed by atoms with Gasteiger partial charge in [0.25, 0.3) is 0 Å². The summed E-state index contributed by atoms with van der Waals surface area (Å²) in [6.07, 6.45) is 10.5. The van der Waals surface area contributed by atoms with Gasteiger partial charge in [-0.05, 0) is 39.0 Å². The van der Waals surface area contributed by atoms with Gasteiger partial charge in [0.15, 0.2) is 0 Å². The zero-order valence-electron chi connectivity index (χ0n) is 9.72. The van der Waals surface area contributed by atoms with Gasteiger partial charge in [0.05, 0.1) is 0 Å². The van der Waals surface area contributed by atoms with Crippen molar-refractivity contribution in [1.29, 1.82) is 0 Å². The Hall–Kier alpha value is 0.600. The summed E-state index contributed by atoms with van der Waals surface area (Å²) in [5.74, 6) is 0. The largest absolute Gasteiger partial charge is 0.118 e. The first kappa shape index (κ1) is 15.1. The molecule has 0 aromatic carbocycles. The highest BCUT2D eigenvalue weighted by Gasteiger charge is 1.89. The molecule has 0 aliphatic carbocycles. The van der Waals surface area contributed by atoms with Crippen LogP contribution in [0, 0.1) is 0 Å². The molecule has 0 aliphatic heterocycles. The summed E-state index contributed by atoms with van der Waals surface area (Å²) in [4.78, 5) is 0. The fraction of sp³-hybridized carbons (Fsp3) is 0.800. The molecule has 0 bridgehead atoms. The standard InChI is InChI=1S/2C5H13P/c2*1-5-6(2,3)4/h2*2,5H2,1,3-4H3. The molecule has 0 amide bonds. The Morgan fingerprint density at radius 2 is 0.833 bits per heavy atom. The maximum Gasteiger partial charge on any atom is -0.0365 e. The summed E-state index contributed by atoms with van der Waals surface area (Å²) < 4.78 is 0. The molecule has 0 nitrogen and oxygen atoms in total. The van der Waals surface area contributed by atoms with Crippen molar-refractivity contribution >= 4 is 26.4 Å². The quantitative estimate of drug-likeness (QED) is 0.610. The molecule has 0 spiro atoms. The SMILES string of the molecule is C=P(C)(C)CC.C=P(C)(C)CC. The summed E-state index contributed by atoms with van der Waals surface area (Å²) in [5, 5.41) is 0. The van der Waals surface area contributed by atoms with E-state index in [4.69, 9.17) is 0 Å². The predicted molar refractivity (Wildman–Crippen MR) is 72.9 cm³/mol. The van der Waals surface area contributed by atoms with Gasteiger partial charge in [0, 0.05) is 0 Å². The first-order valence-electron chi connectivity index (χ1n) is 4.47. The van der Waals surface area contributed by atoms with E-state index < -0.39 is 13.8 Å². The van der Waals surface area contributed by atoms with Gasteiger partial charge in [-0.15, -0.1) is 26.4 Å². The van der Waals surface area contributed by atoms with E-state index in [1.807, 2.05) is 0 Å². The topological polar surface area (TPSA) is 0 Å². The lowest BCUT2D eigenvalue weighted by Gasteiger charge is -2.04. The zero-order chi connectivity index (χ0) is 10.4. The van der Waals surface area contributed by atoms with E-state index in [2.05, 4.69) is 53.1 Å². The molecule has 0 fully saturated rings. The molecule has 0 aromatic heterocycles. The third kappa shape index (κ3) is 22.4. The highest BCUT2D eigenvalue weighted by atomic mass is 31.2. The molecule has 12 heavy (non-hydrogen) atoms. The summed E-state index contributed by atoms with van der Waals surface area (Å²) in [6.45, 7) is 12.1. The predicted octanol–water partition coefficient (Wildman–Crippen LogP) is 3.43. The summed E-state index contributed by atoms with van der Waals surface area (Å²) >= 11 is 0. The molecule has 0 N–H and O–H groups in total. The Morgan fingerprint density at radius 1 is 0.750 bits per heavy atom. The smallest absolute Gasteiger partial charge is 0.0365 e. The average molecular weight is 208 g/mol. The van der Waals surface area contributed by atoms with Gasteiger partial charge >= 0.3 is 0 Å². The first-order valence-corrected chi connectivity index (χ1v) is 10.6. The lowest BCUT2D eigenvalue weighted by molar-refractivity contribution is 1.49. The second-order valence-electron chi connectivity index (χ2n) is 4.50. The van der Waals surface area contributed by atoms with Crippen molar-refractivity contribution in [2.45, 2.75) is 13.8 Å². The van der Waals surface area contributed by atoms with Crippen LogP contribution in [-0.4, -0.2) is 51.6 Å². The van der Waals surface area contributed by atoms with E-state index >= 15 is 0 Å². The van der Waals surface area contributed by atoms with Crippen molar-refractivity contribution in [2.75, 3.05) is 39.0 Å². The highest BCUT2D eigenvalue weighted by Crippen LogP contribution is 2.33. The van der Waals surface area contributed by atoms with E-state index in [0.29, 0.717) is 0 Å². The van der Waals surface area contributed by atoms with Gasteiger partial charge in [0.1, 0.15) is 0 Å². The molecule has 0 rings (SSSR count). The minimum atomic E-state index is -0.647. The molecule has 0 unspecified atom stereocenters. The van der Waals surface area contributed by atoms with Crippen LogP contribution >= 0.6 is 13.8 Å². The Labute approximate surface area is 79.7 Å². The molecule has 0 aromatic rings. The second-order valence-corrected chi connectivity index (χ2v) is 13.5. The van der Waals surface area contributed by atoms with Crippen molar-refractivity contribution < 1.29 is 0 Å². The molecule has 2 heteroatoms. The molecular weight excluding hydrogens is 182 g/mol. The summed E-state index contributed by atoms with van der Waals surface area (Å²) in [7, 11) is 0. The van der Waals surface area contributed by atoms with Gasteiger partial charge in [-0.3, -0.25) is 0 Å². The third-order valence-electron chi connectivity index (χ3n) is 1.71. The molecule has 76 valence electrons. The number of rotatable bonds is 2. The van der Waals surface area contributed by atoms with Gasteiger partial charge < -0.3 is 0 Å². The van der Waals surface area contributed by atoms with E-state index in [1.165, 1.54) is 12.3 Å². The lowest BCUT2D eigenvalue weighted by Crippen LogP contribution is -1.75. The van der Waals surface area contributed by atoms with E-state index in [1.54, 1.807) is 0 Å². The van der Waals surface area contributed by atoms with Gasteiger partial charge in [-0.25, -0.2) is 0 Å². The average Bonchev–Trinajstić information content (AvgIpc) is 1.86. The molecule has 0 saturated heterocycles. The Bertz CT molecular complexity index is 158. The van der Waals surface area contributed by atoms with Crippen LogP contribution in [0.2, 0.25) is 0 Å². The van der Waals surface area contributed by atoms with Crippen LogP contribution in [0.25, 0.3) is 0 Å². The van der Waals surface area contributed by atoms with Crippen LogP contribution in [0.15, 0.2) is 0 Å². The molecule has 0 radical (unpaired) electrons. The van der Waals surface area contributed by atoms with Crippen LogP contribution in [0.4, 0.5) is 0 Å². The lowest BCUT2D eigenvalue weighted by atomic mass is 11.0. The first-order chi connectivity index (χ1) is 5.12. The summed E-state index contributed by atoms with van der Waals surface area (Å²) in [6, 6.07) is 0. The fourth-order valence-electron chi connectivity index (χ4n) is 0. The van der Waals surface area contributed by atoms with Crippen LogP contribution in [0.3, 0.4) is 0 Å². The summed E-state index contributed by atoms with van der Waals surface area (Å²) in [5.41, 5.74) is 0. The van der Waals surface area contributed by atoms with E-state index in [9.17, 15) is 0 Å². The molecular formula is C10H26P2. The Morgan fingerprint density at radius 3 is 0.833 bits per heavy atom. The van der Waals surface area contributed by atoms with Gasteiger partial charge in [0.2, 0.25) is 0 Å². The van der Waals surface area contributed by atoms with Crippen LogP contribution < -0.4 is 0 Å². The third-order valence-corrected chi connectivity index (χ3v) is 5.14. The van der Waals surface area contributed by atoms with Crippen LogP contribution in [-0.2, 0) is 0 Å². The van der Waals surface area contributed by atoms with Crippen molar-refractivity contribution in [1.82, 2.24) is 0 Å². The van der Waals surface area contributed by atoms with Crippen molar-refractivity contribution in [3.63, 3.8) is 0 Å². The molecule has 0 saturated carbocycles. The number of hydrogen-bond donors (Lipinski definition) is 0. The second kappa shape index (κ2) is 6.11. The Kier molecular flexibility index (Phi) is 7.69. The fourth-order valence-corrected chi connectivity index (χ4v) is 0. The highest BCUT2D eigenvalue weighted by molar-refractivity contribution is 7.72. The number of hydrogen-bond acceptors (Lipinski definition) is 0. The van der Waals surface area contributed by atoms with Crippen molar-refractivity contribution in [3.8, 4) is 0 Å². The monoisotopic (exact) mass is 208 g/mol. The minimum absolute atomic E-state index is 0.647. The van der Waals surface area contributed by atoms with Crippen molar-refractivity contribution in [3.05, 3.63) is 0 Å². The van der Waals surface area contributed by atoms with Crippen LogP contribution in [0.5, 0.6) is 0 Å². The zero-order valence-corrected chi connectivity index (χ0v) is 11.5. The van der Waals surface area contributed by atoms with Crippen molar-refractivity contribution in [2.24, 2.45) is 0 Å². The molecule has 0 atom stereocenters. The normalized spacial score (nSPS) is 11.8. The molecule has 0 heterocycles.